The van der Waals surface area contributed by atoms with Crippen LogP contribution in [0.2, 0.25) is 0 Å². The van der Waals surface area contributed by atoms with E-state index < -0.39 is 24.0 Å². The summed E-state index contributed by atoms with van der Waals surface area (Å²) in [6, 6.07) is 5.35. The van der Waals surface area contributed by atoms with Crippen molar-refractivity contribution in [3.63, 3.8) is 0 Å². The molecule has 0 bridgehead atoms. The molecule has 0 unspecified atom stereocenters. The van der Waals surface area contributed by atoms with Crippen LogP contribution in [0.5, 0.6) is 0 Å². The number of carbonyl (C=O) groups is 4. The fraction of sp³-hybridized carbons (Fsp3) is 0.615. The molecule has 9 nitrogen and oxygen atoms in total. The van der Waals surface area contributed by atoms with E-state index in [-0.39, 0.29) is 36.6 Å². The van der Waals surface area contributed by atoms with Crippen molar-refractivity contribution in [1.29, 1.82) is 0 Å². The molecule has 1 aromatic carbocycles. The Morgan fingerprint density at radius 1 is 0.857 bits per heavy atom. The summed E-state index contributed by atoms with van der Waals surface area (Å²) < 4.78 is 0. The molecule has 0 saturated heterocycles. The van der Waals surface area contributed by atoms with E-state index in [1.54, 1.807) is 0 Å². The maximum Gasteiger partial charge on any atom is 0.312 e. The number of benzene rings is 1. The van der Waals surface area contributed by atoms with Gasteiger partial charge in [-0.1, -0.05) is 53.7 Å². The Bertz CT molecular complexity index is 837. The van der Waals surface area contributed by atoms with Gasteiger partial charge in [-0.2, -0.15) is 0 Å². The highest BCUT2D eigenvalue weighted by Crippen LogP contribution is 2.14. The highest BCUT2D eigenvalue weighted by atomic mass is 16.2. The molecule has 0 aromatic heterocycles. The van der Waals surface area contributed by atoms with E-state index in [1.165, 1.54) is 5.56 Å². The predicted molar refractivity (Wildman–Crippen MR) is 139 cm³/mol. The summed E-state index contributed by atoms with van der Waals surface area (Å²) in [6.45, 7) is 12.1. The largest absolute Gasteiger partial charge is 0.352 e. The van der Waals surface area contributed by atoms with Gasteiger partial charge in [0.2, 0.25) is 17.7 Å². The minimum atomic E-state index is -0.851. The zero-order valence-electron chi connectivity index (χ0n) is 21.9. The van der Waals surface area contributed by atoms with E-state index >= 15 is 0 Å². The molecule has 0 fully saturated rings. The first-order chi connectivity index (χ1) is 16.4. The highest BCUT2D eigenvalue weighted by molar-refractivity contribution is 5.98. The van der Waals surface area contributed by atoms with E-state index in [0.717, 1.165) is 6.42 Å². The molecule has 2 atom stereocenters. The first kappa shape index (κ1) is 29.9. The van der Waals surface area contributed by atoms with E-state index in [9.17, 15) is 19.2 Å². The van der Waals surface area contributed by atoms with Gasteiger partial charge in [-0.25, -0.2) is 4.79 Å². The van der Waals surface area contributed by atoms with E-state index in [1.807, 2.05) is 52.0 Å². The molecule has 0 aliphatic carbocycles. The van der Waals surface area contributed by atoms with Crippen LogP contribution >= 0.6 is 0 Å². The lowest BCUT2D eigenvalue weighted by Crippen LogP contribution is -2.54. The highest BCUT2D eigenvalue weighted by Gasteiger charge is 2.29. The Labute approximate surface area is 209 Å². The van der Waals surface area contributed by atoms with E-state index in [2.05, 4.69) is 35.1 Å². The van der Waals surface area contributed by atoms with E-state index in [0.29, 0.717) is 24.4 Å². The average molecular weight is 490 g/mol. The zero-order chi connectivity index (χ0) is 26.5. The average Bonchev–Trinajstić information content (AvgIpc) is 2.74. The van der Waals surface area contributed by atoms with Gasteiger partial charge in [-0.05, 0) is 54.7 Å². The van der Waals surface area contributed by atoms with Gasteiger partial charge in [0.25, 0.3) is 0 Å². The van der Waals surface area contributed by atoms with Crippen LogP contribution in [0.4, 0.5) is 10.5 Å². The van der Waals surface area contributed by atoms with Crippen molar-refractivity contribution in [2.75, 3.05) is 11.9 Å². The van der Waals surface area contributed by atoms with Crippen LogP contribution in [0, 0.1) is 17.8 Å². The second kappa shape index (κ2) is 15.0. The minimum Gasteiger partial charge on any atom is -0.352 e. The second-order valence-electron chi connectivity index (χ2n) is 10.2. The van der Waals surface area contributed by atoms with Gasteiger partial charge in [0.05, 0.1) is 0 Å². The van der Waals surface area contributed by atoms with Crippen molar-refractivity contribution in [2.24, 2.45) is 23.5 Å². The molecule has 6 N–H and O–H groups in total. The summed E-state index contributed by atoms with van der Waals surface area (Å²) >= 11 is 0. The van der Waals surface area contributed by atoms with Gasteiger partial charge < -0.3 is 27.0 Å². The fourth-order valence-electron chi connectivity index (χ4n) is 3.61. The second-order valence-corrected chi connectivity index (χ2v) is 10.2. The van der Waals surface area contributed by atoms with Gasteiger partial charge in [0.15, 0.2) is 0 Å². The molecule has 196 valence electrons. The summed E-state index contributed by atoms with van der Waals surface area (Å²) in [4.78, 5) is 49.4. The number of nitrogens with two attached hydrogens (primary N) is 1. The Morgan fingerprint density at radius 3 is 2.00 bits per heavy atom. The van der Waals surface area contributed by atoms with Crippen LogP contribution in [-0.4, -0.2) is 42.4 Å². The summed E-state index contributed by atoms with van der Waals surface area (Å²) in [5.41, 5.74) is 6.91. The van der Waals surface area contributed by atoms with Crippen LogP contribution in [0.25, 0.3) is 0 Å². The first-order valence-corrected chi connectivity index (χ1v) is 12.4. The molecular formula is C26H43N5O4. The molecule has 0 spiro atoms. The SMILES string of the molecule is CC(C)CC(=O)N[C@H](C(=O)N[C@@H](CCCNC(N)=O)C(=O)Nc1ccc(CC(C)C)cc1)C(C)C. The third-order valence-corrected chi connectivity index (χ3v) is 5.33. The van der Waals surface area contributed by atoms with Crippen molar-refractivity contribution in [3.05, 3.63) is 29.8 Å². The van der Waals surface area contributed by atoms with Gasteiger partial charge >= 0.3 is 6.03 Å². The lowest BCUT2D eigenvalue weighted by atomic mass is 10.0. The number of amides is 5. The van der Waals surface area contributed by atoms with Crippen LogP contribution in [0.1, 0.15) is 66.4 Å². The minimum absolute atomic E-state index is 0.161. The van der Waals surface area contributed by atoms with Crippen molar-refractivity contribution in [1.82, 2.24) is 16.0 Å². The predicted octanol–water partition coefficient (Wildman–Crippen LogP) is 2.94. The number of urea groups is 1. The van der Waals surface area contributed by atoms with Crippen LogP contribution in [0.15, 0.2) is 24.3 Å². The van der Waals surface area contributed by atoms with Crippen LogP contribution < -0.4 is 27.0 Å². The maximum absolute atomic E-state index is 13.1. The molecule has 0 aliphatic heterocycles. The number of primary amides is 1. The van der Waals surface area contributed by atoms with Crippen LogP contribution in [0.3, 0.4) is 0 Å². The smallest absolute Gasteiger partial charge is 0.312 e. The number of carbonyl (C=O) groups excluding carboxylic acids is 4. The van der Waals surface area contributed by atoms with Gasteiger partial charge in [-0.15, -0.1) is 0 Å². The summed E-state index contributed by atoms with van der Waals surface area (Å²) in [6.07, 6.45) is 1.97. The fourth-order valence-corrected chi connectivity index (χ4v) is 3.61. The molecule has 0 aliphatic rings. The number of nitrogens with one attached hydrogen (secondary N) is 4. The monoisotopic (exact) mass is 489 g/mol. The molecule has 1 aromatic rings. The van der Waals surface area contributed by atoms with Gasteiger partial charge in [0.1, 0.15) is 12.1 Å². The first-order valence-electron chi connectivity index (χ1n) is 12.4. The Balaban J connectivity index is 2.92. The molecule has 0 heterocycles. The number of rotatable bonds is 14. The maximum atomic E-state index is 13.1. The van der Waals surface area contributed by atoms with Crippen molar-refractivity contribution >= 4 is 29.4 Å². The van der Waals surface area contributed by atoms with Crippen molar-refractivity contribution < 1.29 is 19.2 Å². The Morgan fingerprint density at radius 2 is 1.49 bits per heavy atom. The quantitative estimate of drug-likeness (QED) is 0.256. The lowest BCUT2D eigenvalue weighted by molar-refractivity contribution is -0.132. The molecule has 5 amide bonds. The standard InChI is InChI=1S/C26H43N5O4/c1-16(2)14-19-9-11-20(12-10-19)29-24(33)21(8-7-13-28-26(27)35)30-25(34)23(18(5)6)31-22(32)15-17(3)4/h9-12,16-18,21,23H,7-8,13-15H2,1-6H3,(H,29,33)(H,30,34)(H,31,32)(H3,27,28,35)/t21-,23-/m0/s1. The summed E-state index contributed by atoms with van der Waals surface area (Å²) in [5, 5.41) is 10.9. The third-order valence-electron chi connectivity index (χ3n) is 5.33. The molecule has 1 rings (SSSR count). The molecule has 0 radical (unpaired) electrons. The summed E-state index contributed by atoms with van der Waals surface area (Å²) in [5.74, 6) is -0.479. The molecule has 9 heteroatoms. The normalized spacial score (nSPS) is 12.8. The Hall–Kier alpha value is -3.10. The lowest BCUT2D eigenvalue weighted by Gasteiger charge is -2.25. The molecule has 0 saturated carbocycles. The van der Waals surface area contributed by atoms with Gasteiger partial charge in [-0.3, -0.25) is 14.4 Å². The molecular weight excluding hydrogens is 446 g/mol. The summed E-state index contributed by atoms with van der Waals surface area (Å²) in [7, 11) is 0. The zero-order valence-corrected chi connectivity index (χ0v) is 21.9. The number of hydrogen-bond acceptors (Lipinski definition) is 4. The number of anilines is 1. The van der Waals surface area contributed by atoms with Crippen LogP contribution in [-0.2, 0) is 20.8 Å². The van der Waals surface area contributed by atoms with Crippen molar-refractivity contribution in [2.45, 2.75) is 79.3 Å². The third kappa shape index (κ3) is 12.2. The van der Waals surface area contributed by atoms with E-state index in [4.69, 9.17) is 5.73 Å². The van der Waals surface area contributed by atoms with Crippen molar-refractivity contribution in [3.8, 4) is 0 Å². The molecule has 35 heavy (non-hydrogen) atoms. The van der Waals surface area contributed by atoms with Gasteiger partial charge in [0, 0.05) is 18.7 Å². The Kier molecular flexibility index (Phi) is 12.8. The number of hydrogen-bond donors (Lipinski definition) is 5. The topological polar surface area (TPSA) is 142 Å².